The highest BCUT2D eigenvalue weighted by molar-refractivity contribution is 8.03. The largest absolute Gasteiger partial charge is 0.355 e. The van der Waals surface area contributed by atoms with Gasteiger partial charge < -0.3 is 5.32 Å². The summed E-state index contributed by atoms with van der Waals surface area (Å²) in [5.41, 5.74) is 1.27. The smallest absolute Gasteiger partial charge is 0.170 e. The van der Waals surface area contributed by atoms with Crippen LogP contribution in [0.15, 0.2) is 60.7 Å². The predicted molar refractivity (Wildman–Crippen MR) is 71.0 cm³/mol. The molecule has 5 heteroatoms. The Balaban J connectivity index is 1.76. The zero-order chi connectivity index (χ0) is 11.5. The minimum atomic E-state index is 0.159. The molecule has 0 aliphatic carbocycles. The Kier molecular flexibility index (Phi) is 2.75. The van der Waals surface area contributed by atoms with E-state index < -0.39 is 0 Å². The highest BCUT2D eigenvalue weighted by Crippen LogP contribution is 2.25. The minimum Gasteiger partial charge on any atom is -0.355 e. The van der Waals surface area contributed by atoms with Crippen LogP contribution in [0.25, 0.3) is 0 Å². The van der Waals surface area contributed by atoms with E-state index in [1.807, 2.05) is 35.3 Å². The molecule has 1 aromatic heterocycles. The first-order valence-corrected chi connectivity index (χ1v) is 6.28. The molecule has 17 heavy (non-hydrogen) atoms. The Hall–Kier alpha value is -1.88. The monoisotopic (exact) mass is 244 g/mol. The first kappa shape index (κ1) is 10.3. The number of nitrogens with zero attached hydrogens (tertiary/aromatic N) is 3. The molecule has 0 bridgehead atoms. The van der Waals surface area contributed by atoms with Gasteiger partial charge in [-0.15, -0.1) is 0 Å². The highest BCUT2D eigenvalue weighted by atomic mass is 32.2. The van der Waals surface area contributed by atoms with Crippen LogP contribution in [0.3, 0.4) is 0 Å². The van der Waals surface area contributed by atoms with E-state index in [0.717, 1.165) is 5.69 Å². The summed E-state index contributed by atoms with van der Waals surface area (Å²) in [4.78, 5) is 4.06. The van der Waals surface area contributed by atoms with Crippen LogP contribution in [0.4, 0.5) is 5.69 Å². The second kappa shape index (κ2) is 4.55. The molecular weight excluding hydrogens is 232 g/mol. The van der Waals surface area contributed by atoms with E-state index in [0.29, 0.717) is 0 Å². The fourth-order valence-electron chi connectivity index (χ4n) is 1.68. The molecule has 1 N–H and O–H groups in total. The number of hydrogen-bond donors (Lipinski definition) is 1. The van der Waals surface area contributed by atoms with Gasteiger partial charge in [0.05, 0.1) is 0 Å². The van der Waals surface area contributed by atoms with Crippen LogP contribution in [-0.4, -0.2) is 15.2 Å². The number of benzene rings is 1. The van der Waals surface area contributed by atoms with Gasteiger partial charge in [-0.05, 0) is 17.5 Å². The molecule has 1 aromatic carbocycles. The van der Waals surface area contributed by atoms with Crippen molar-refractivity contribution in [3.63, 3.8) is 0 Å². The van der Waals surface area contributed by atoms with Gasteiger partial charge in [0.25, 0.3) is 0 Å². The molecule has 1 aliphatic heterocycles. The van der Waals surface area contributed by atoms with Gasteiger partial charge >= 0.3 is 0 Å². The second-order valence-corrected chi connectivity index (χ2v) is 4.60. The summed E-state index contributed by atoms with van der Waals surface area (Å²) in [5.74, 6) is 0. The van der Waals surface area contributed by atoms with Gasteiger partial charge in [-0.2, -0.15) is 0 Å². The van der Waals surface area contributed by atoms with Gasteiger partial charge in [0.2, 0.25) is 0 Å². The zero-order valence-corrected chi connectivity index (χ0v) is 9.92. The molecule has 0 radical (unpaired) electrons. The number of nitrogens with one attached hydrogen (secondary N) is 1. The van der Waals surface area contributed by atoms with E-state index in [2.05, 4.69) is 32.9 Å². The van der Waals surface area contributed by atoms with Gasteiger partial charge in [0.1, 0.15) is 6.33 Å². The number of imidazole rings is 1. The Morgan fingerprint density at radius 1 is 1.24 bits per heavy atom. The first-order chi connectivity index (χ1) is 8.43. The first-order valence-electron chi connectivity index (χ1n) is 5.34. The topological polar surface area (TPSA) is 33.1 Å². The van der Waals surface area contributed by atoms with Crippen molar-refractivity contribution in [2.75, 3.05) is 10.3 Å². The molecular formula is C12H12N4S. The number of rotatable bonds is 3. The maximum absolute atomic E-state index is 4.06. The quantitative estimate of drug-likeness (QED) is 0.899. The predicted octanol–water partition coefficient (Wildman–Crippen LogP) is 2.43. The van der Waals surface area contributed by atoms with Crippen LogP contribution >= 0.6 is 11.8 Å². The van der Waals surface area contributed by atoms with Gasteiger partial charge in [-0.1, -0.05) is 30.0 Å². The fraction of sp³-hybridized carbons (Fsp3) is 0.0833. The summed E-state index contributed by atoms with van der Waals surface area (Å²) >= 11 is 1.73. The van der Waals surface area contributed by atoms with Crippen LogP contribution in [0.5, 0.6) is 0 Å². The van der Waals surface area contributed by atoms with Gasteiger partial charge in [0, 0.05) is 24.3 Å². The summed E-state index contributed by atoms with van der Waals surface area (Å²) in [6, 6.07) is 10.2. The van der Waals surface area contributed by atoms with Gasteiger partial charge in [-0.25, -0.2) is 9.66 Å². The highest BCUT2D eigenvalue weighted by Gasteiger charge is 2.20. The Bertz CT molecular complexity index is 494. The van der Waals surface area contributed by atoms with E-state index in [1.54, 1.807) is 24.3 Å². The third-order valence-electron chi connectivity index (χ3n) is 2.48. The van der Waals surface area contributed by atoms with E-state index in [4.69, 9.17) is 0 Å². The molecule has 1 aliphatic rings. The zero-order valence-electron chi connectivity index (χ0n) is 9.10. The molecule has 4 nitrogen and oxygen atoms in total. The van der Waals surface area contributed by atoms with Crippen LogP contribution in [0.2, 0.25) is 0 Å². The Morgan fingerprint density at radius 3 is 2.88 bits per heavy atom. The molecule has 0 spiro atoms. The number of aromatic nitrogens is 2. The van der Waals surface area contributed by atoms with Crippen LogP contribution < -0.4 is 10.3 Å². The third kappa shape index (κ3) is 2.14. The summed E-state index contributed by atoms with van der Waals surface area (Å²) in [7, 11) is 0. The van der Waals surface area contributed by atoms with Crippen LogP contribution in [-0.2, 0) is 0 Å². The molecule has 1 unspecified atom stereocenters. The van der Waals surface area contributed by atoms with Crippen LogP contribution in [0.1, 0.15) is 0 Å². The number of para-hydroxylation sites is 1. The van der Waals surface area contributed by atoms with E-state index in [-0.39, 0.29) is 5.50 Å². The van der Waals surface area contributed by atoms with Crippen LogP contribution in [0, 0.1) is 0 Å². The molecule has 86 valence electrons. The molecule has 0 fully saturated rings. The summed E-state index contributed by atoms with van der Waals surface area (Å²) in [6.07, 6.45) is 7.52. The lowest BCUT2D eigenvalue weighted by Gasteiger charge is -2.26. The average molecular weight is 244 g/mol. The normalized spacial score (nSPS) is 18.6. The lowest BCUT2D eigenvalue weighted by molar-refractivity contribution is 0.691. The molecule has 3 rings (SSSR count). The molecule has 2 aromatic rings. The molecule has 0 saturated carbocycles. The minimum absolute atomic E-state index is 0.159. The summed E-state index contributed by atoms with van der Waals surface area (Å²) < 4.78 is 1.96. The molecule has 0 amide bonds. The van der Waals surface area contributed by atoms with E-state index in [9.17, 15) is 0 Å². The number of hydrogen-bond acceptors (Lipinski definition) is 4. The number of thioether (sulfide) groups is 1. The van der Waals surface area contributed by atoms with Crippen molar-refractivity contribution in [3.05, 3.63) is 60.7 Å². The Labute approximate surface area is 104 Å². The van der Waals surface area contributed by atoms with Crippen molar-refractivity contribution in [2.45, 2.75) is 5.50 Å². The van der Waals surface area contributed by atoms with Gasteiger partial charge in [-0.3, -0.25) is 5.01 Å². The summed E-state index contributed by atoms with van der Waals surface area (Å²) in [6.45, 7) is 0. The van der Waals surface area contributed by atoms with Crippen molar-refractivity contribution in [1.82, 2.24) is 9.66 Å². The van der Waals surface area contributed by atoms with Crippen molar-refractivity contribution >= 4 is 17.4 Å². The second-order valence-electron chi connectivity index (χ2n) is 3.61. The number of anilines is 1. The van der Waals surface area contributed by atoms with Crippen molar-refractivity contribution in [2.24, 2.45) is 0 Å². The standard InChI is InChI=1S/C12H12N4S/c1-2-4-11(5-3-1)14-12-16(8-9-17-12)15-7-6-13-10-15/h1-10,12,14H. The maximum atomic E-state index is 4.06. The average Bonchev–Trinajstić information content (AvgIpc) is 3.00. The third-order valence-corrected chi connectivity index (χ3v) is 3.35. The maximum Gasteiger partial charge on any atom is 0.170 e. The molecule has 0 saturated heterocycles. The SMILES string of the molecule is C1=CN(n2ccnc2)C(Nc2ccccc2)S1. The van der Waals surface area contributed by atoms with Crippen molar-refractivity contribution in [1.29, 1.82) is 0 Å². The fourth-order valence-corrected chi connectivity index (χ4v) is 2.53. The lowest BCUT2D eigenvalue weighted by atomic mass is 10.3. The van der Waals surface area contributed by atoms with E-state index in [1.165, 1.54) is 0 Å². The van der Waals surface area contributed by atoms with Crippen molar-refractivity contribution < 1.29 is 0 Å². The molecule has 1 atom stereocenters. The lowest BCUT2D eigenvalue weighted by Crippen LogP contribution is -2.38. The van der Waals surface area contributed by atoms with Crippen molar-refractivity contribution in [3.8, 4) is 0 Å². The summed E-state index contributed by atoms with van der Waals surface area (Å²) in [5, 5.41) is 7.62. The Morgan fingerprint density at radius 2 is 2.12 bits per heavy atom. The van der Waals surface area contributed by atoms with E-state index >= 15 is 0 Å². The molecule has 2 heterocycles. The van der Waals surface area contributed by atoms with Gasteiger partial charge in [0.15, 0.2) is 5.50 Å².